The van der Waals surface area contributed by atoms with Crippen LogP contribution in [-0.4, -0.2) is 24.3 Å². The van der Waals surface area contributed by atoms with Gasteiger partial charge in [0.25, 0.3) is 5.89 Å². The van der Waals surface area contributed by atoms with Gasteiger partial charge in [-0.1, -0.05) is 35.9 Å². The summed E-state index contributed by atoms with van der Waals surface area (Å²) in [4.78, 5) is 2.04. The Kier molecular flexibility index (Phi) is 5.02. The van der Waals surface area contributed by atoms with E-state index in [1.54, 1.807) is 6.08 Å². The zero-order valence-corrected chi connectivity index (χ0v) is 15.5. The van der Waals surface area contributed by atoms with Crippen LogP contribution in [-0.2, 0) is 0 Å². The molecule has 3 rings (SSSR count). The molecule has 0 aliphatic heterocycles. The van der Waals surface area contributed by atoms with Crippen molar-refractivity contribution < 1.29 is 4.42 Å². The minimum absolute atomic E-state index is 0.291. The summed E-state index contributed by atoms with van der Waals surface area (Å²) in [6.07, 6.45) is 1.80. The summed E-state index contributed by atoms with van der Waals surface area (Å²) in [6, 6.07) is 15.7. The Hall–Kier alpha value is -2.11. The maximum Gasteiger partial charge on any atom is 0.259 e. The number of aromatic nitrogens is 2. The van der Waals surface area contributed by atoms with E-state index in [1.165, 1.54) is 0 Å². The Morgan fingerprint density at radius 3 is 2.46 bits per heavy atom. The Morgan fingerprint density at radius 2 is 1.79 bits per heavy atom. The van der Waals surface area contributed by atoms with Crippen molar-refractivity contribution in [2.75, 3.05) is 19.0 Å². The van der Waals surface area contributed by atoms with Gasteiger partial charge in [0.15, 0.2) is 0 Å². The van der Waals surface area contributed by atoms with Crippen LogP contribution in [0.1, 0.15) is 11.5 Å². The number of rotatable bonds is 4. The van der Waals surface area contributed by atoms with Crippen LogP contribution in [0.4, 0.5) is 5.69 Å². The van der Waals surface area contributed by atoms with E-state index in [0.29, 0.717) is 16.8 Å². The highest BCUT2D eigenvalue weighted by atomic mass is 79.9. The van der Waals surface area contributed by atoms with Gasteiger partial charge in [-0.2, -0.15) is 0 Å². The van der Waals surface area contributed by atoms with E-state index in [4.69, 9.17) is 16.0 Å². The molecule has 0 aliphatic rings. The van der Waals surface area contributed by atoms with Crippen LogP contribution in [0.2, 0.25) is 0 Å². The van der Waals surface area contributed by atoms with E-state index in [2.05, 4.69) is 26.1 Å². The molecule has 1 heterocycles. The second-order valence-electron chi connectivity index (χ2n) is 5.37. The lowest BCUT2D eigenvalue weighted by molar-refractivity contribution is 0.556. The quantitative estimate of drug-likeness (QED) is 0.591. The van der Waals surface area contributed by atoms with Gasteiger partial charge in [-0.3, -0.25) is 0 Å². The zero-order valence-electron chi connectivity index (χ0n) is 13.2. The van der Waals surface area contributed by atoms with Crippen molar-refractivity contribution >= 4 is 44.3 Å². The lowest BCUT2D eigenvalue weighted by atomic mass is 10.2. The van der Waals surface area contributed by atoms with Crippen molar-refractivity contribution in [2.24, 2.45) is 0 Å². The van der Waals surface area contributed by atoms with Crippen LogP contribution in [0, 0.1) is 0 Å². The van der Waals surface area contributed by atoms with Crippen LogP contribution in [0.25, 0.3) is 22.6 Å². The average molecular weight is 405 g/mol. The molecular formula is C18H15BrClN3O. The standard InChI is InChI=1S/C18H15BrClN3O/c1-23(2)13-9-7-12(8-10-13)11-16(20)18-22-21-17(24-18)14-5-3-4-6-15(14)19/h3-11H,1-2H3/b16-11-. The van der Waals surface area contributed by atoms with Gasteiger partial charge in [0.2, 0.25) is 5.89 Å². The van der Waals surface area contributed by atoms with Gasteiger partial charge in [-0.25, -0.2) is 0 Å². The summed E-state index contributed by atoms with van der Waals surface area (Å²) in [5.41, 5.74) is 2.92. The van der Waals surface area contributed by atoms with E-state index in [9.17, 15) is 0 Å². The molecule has 0 N–H and O–H groups in total. The highest BCUT2D eigenvalue weighted by molar-refractivity contribution is 9.10. The average Bonchev–Trinajstić information content (AvgIpc) is 3.05. The number of nitrogens with zero attached hydrogens (tertiary/aromatic N) is 3. The number of hydrogen-bond acceptors (Lipinski definition) is 4. The third-order valence-electron chi connectivity index (χ3n) is 3.44. The highest BCUT2D eigenvalue weighted by Gasteiger charge is 2.13. The van der Waals surface area contributed by atoms with Crippen LogP contribution < -0.4 is 4.90 Å². The molecule has 122 valence electrons. The molecule has 24 heavy (non-hydrogen) atoms. The van der Waals surface area contributed by atoms with Crippen molar-refractivity contribution in [1.82, 2.24) is 10.2 Å². The molecule has 6 heteroatoms. The largest absolute Gasteiger partial charge is 0.415 e. The number of anilines is 1. The van der Waals surface area contributed by atoms with Gasteiger partial charge in [0, 0.05) is 24.3 Å². The lowest BCUT2D eigenvalue weighted by Gasteiger charge is -2.11. The molecule has 1 aromatic heterocycles. The molecule has 0 radical (unpaired) electrons. The summed E-state index contributed by atoms with van der Waals surface area (Å²) in [5.74, 6) is 0.714. The monoisotopic (exact) mass is 403 g/mol. The van der Waals surface area contributed by atoms with E-state index >= 15 is 0 Å². The van der Waals surface area contributed by atoms with Gasteiger partial charge in [-0.15, -0.1) is 10.2 Å². The van der Waals surface area contributed by atoms with Crippen LogP contribution >= 0.6 is 27.5 Å². The van der Waals surface area contributed by atoms with Gasteiger partial charge in [-0.05, 0) is 51.8 Å². The first kappa shape index (κ1) is 16.7. The summed E-state index contributed by atoms with van der Waals surface area (Å²) < 4.78 is 6.57. The second-order valence-corrected chi connectivity index (χ2v) is 6.63. The molecular weight excluding hydrogens is 390 g/mol. The SMILES string of the molecule is CN(C)c1ccc(/C=C(\Cl)c2nnc(-c3ccccc3Br)o2)cc1. The first-order chi connectivity index (χ1) is 11.5. The fourth-order valence-electron chi connectivity index (χ4n) is 2.14. The minimum atomic E-state index is 0.291. The fourth-order valence-corrected chi connectivity index (χ4v) is 2.80. The molecule has 3 aromatic rings. The van der Waals surface area contributed by atoms with Crippen LogP contribution in [0.3, 0.4) is 0 Å². The lowest BCUT2D eigenvalue weighted by Crippen LogP contribution is -2.07. The molecule has 0 bridgehead atoms. The van der Waals surface area contributed by atoms with E-state index in [1.807, 2.05) is 67.5 Å². The smallest absolute Gasteiger partial charge is 0.259 e. The zero-order chi connectivity index (χ0) is 17.1. The topological polar surface area (TPSA) is 42.2 Å². The maximum absolute atomic E-state index is 6.33. The summed E-state index contributed by atoms with van der Waals surface area (Å²) in [5, 5.41) is 8.50. The molecule has 0 fully saturated rings. The first-order valence-corrected chi connectivity index (χ1v) is 8.45. The van der Waals surface area contributed by atoms with Gasteiger partial charge in [0.1, 0.15) is 5.03 Å². The Morgan fingerprint density at radius 1 is 1.08 bits per heavy atom. The van der Waals surface area contributed by atoms with Crippen molar-refractivity contribution in [3.8, 4) is 11.5 Å². The Balaban J connectivity index is 1.85. The van der Waals surface area contributed by atoms with Crippen molar-refractivity contribution in [3.05, 3.63) is 64.5 Å². The third-order valence-corrected chi connectivity index (χ3v) is 4.40. The van der Waals surface area contributed by atoms with Crippen LogP contribution in [0.15, 0.2) is 57.4 Å². The molecule has 0 spiro atoms. The molecule has 0 saturated carbocycles. The summed E-state index contributed by atoms with van der Waals surface area (Å²) in [7, 11) is 4.00. The highest BCUT2D eigenvalue weighted by Crippen LogP contribution is 2.29. The van der Waals surface area contributed by atoms with Crippen molar-refractivity contribution in [3.63, 3.8) is 0 Å². The Bertz CT molecular complexity index is 872. The minimum Gasteiger partial charge on any atom is -0.415 e. The molecule has 0 saturated heterocycles. The summed E-state index contributed by atoms with van der Waals surface area (Å²) in [6.45, 7) is 0. The maximum atomic E-state index is 6.33. The molecule has 0 amide bonds. The molecule has 4 nitrogen and oxygen atoms in total. The van der Waals surface area contributed by atoms with Crippen LogP contribution in [0.5, 0.6) is 0 Å². The first-order valence-electron chi connectivity index (χ1n) is 7.28. The van der Waals surface area contributed by atoms with E-state index < -0.39 is 0 Å². The molecule has 0 aliphatic carbocycles. The number of hydrogen-bond donors (Lipinski definition) is 0. The predicted octanol–water partition coefficient (Wildman–Crippen LogP) is 5.30. The molecule has 0 unspecified atom stereocenters. The van der Waals surface area contributed by atoms with E-state index in [0.717, 1.165) is 21.3 Å². The third kappa shape index (κ3) is 3.68. The van der Waals surface area contributed by atoms with Gasteiger partial charge < -0.3 is 9.32 Å². The van der Waals surface area contributed by atoms with Gasteiger partial charge in [0.05, 0.1) is 5.56 Å². The Labute approximate surface area is 153 Å². The fraction of sp³-hybridized carbons (Fsp3) is 0.111. The normalized spacial score (nSPS) is 11.6. The van der Waals surface area contributed by atoms with Crippen molar-refractivity contribution in [2.45, 2.75) is 0 Å². The number of benzene rings is 2. The van der Waals surface area contributed by atoms with Crippen molar-refractivity contribution in [1.29, 1.82) is 0 Å². The molecule has 0 atom stereocenters. The van der Waals surface area contributed by atoms with Gasteiger partial charge >= 0.3 is 0 Å². The molecule has 2 aromatic carbocycles. The summed E-state index contributed by atoms with van der Waals surface area (Å²) >= 11 is 9.80. The predicted molar refractivity (Wildman–Crippen MR) is 102 cm³/mol. The number of halogens is 2. The second kappa shape index (κ2) is 7.20. The van der Waals surface area contributed by atoms with E-state index in [-0.39, 0.29) is 0 Å².